The SMILES string of the molecule is Nc1c(Cl)ncnc1Oc1ccc(Br)c(F)c1. The summed E-state index contributed by atoms with van der Waals surface area (Å²) in [6, 6.07) is 4.30. The Bertz CT molecular complexity index is 567. The lowest BCUT2D eigenvalue weighted by Gasteiger charge is -2.07. The van der Waals surface area contributed by atoms with Crippen LogP contribution in [0.1, 0.15) is 0 Å². The summed E-state index contributed by atoms with van der Waals surface area (Å²) in [5.41, 5.74) is 5.72. The van der Waals surface area contributed by atoms with E-state index in [2.05, 4.69) is 25.9 Å². The Labute approximate surface area is 110 Å². The Hall–Kier alpha value is -1.40. The molecule has 0 fully saturated rings. The van der Waals surface area contributed by atoms with E-state index < -0.39 is 5.82 Å². The molecule has 0 saturated carbocycles. The molecular weight excluding hydrogens is 312 g/mol. The summed E-state index contributed by atoms with van der Waals surface area (Å²) < 4.78 is 18.9. The van der Waals surface area contributed by atoms with Crippen LogP contribution in [0, 0.1) is 5.82 Å². The number of ether oxygens (including phenoxy) is 1. The average Bonchev–Trinajstić information content (AvgIpc) is 2.30. The van der Waals surface area contributed by atoms with E-state index in [9.17, 15) is 4.39 Å². The highest BCUT2D eigenvalue weighted by atomic mass is 79.9. The smallest absolute Gasteiger partial charge is 0.247 e. The summed E-state index contributed by atoms with van der Waals surface area (Å²) in [7, 11) is 0. The predicted octanol–water partition coefficient (Wildman–Crippen LogP) is 3.41. The van der Waals surface area contributed by atoms with Crippen LogP contribution in [0.3, 0.4) is 0 Å². The van der Waals surface area contributed by atoms with Crippen molar-refractivity contribution in [3.8, 4) is 11.6 Å². The Morgan fingerprint density at radius 1 is 1.35 bits per heavy atom. The average molecular weight is 319 g/mol. The third kappa shape index (κ3) is 2.65. The van der Waals surface area contributed by atoms with Crippen LogP contribution in [0.2, 0.25) is 5.15 Å². The van der Waals surface area contributed by atoms with Crippen LogP contribution < -0.4 is 10.5 Å². The quantitative estimate of drug-likeness (QED) is 0.862. The van der Waals surface area contributed by atoms with Crippen molar-refractivity contribution in [3.63, 3.8) is 0 Å². The first-order chi connectivity index (χ1) is 8.08. The Balaban J connectivity index is 2.31. The van der Waals surface area contributed by atoms with Crippen molar-refractivity contribution in [1.29, 1.82) is 0 Å². The first kappa shape index (κ1) is 12.1. The van der Waals surface area contributed by atoms with Crippen molar-refractivity contribution in [3.05, 3.63) is 40.0 Å². The number of nitrogens with zero attached hydrogens (tertiary/aromatic N) is 2. The number of halogens is 3. The summed E-state index contributed by atoms with van der Waals surface area (Å²) in [5, 5.41) is 0.0904. The van der Waals surface area contributed by atoms with Crippen molar-refractivity contribution in [2.24, 2.45) is 0 Å². The van der Waals surface area contributed by atoms with E-state index in [4.69, 9.17) is 22.1 Å². The van der Waals surface area contributed by atoms with Crippen LogP contribution in [-0.2, 0) is 0 Å². The van der Waals surface area contributed by atoms with Gasteiger partial charge in [0, 0.05) is 6.07 Å². The lowest BCUT2D eigenvalue weighted by molar-refractivity contribution is 0.459. The van der Waals surface area contributed by atoms with Crippen LogP contribution in [0.25, 0.3) is 0 Å². The number of hydrogen-bond donors (Lipinski definition) is 1. The monoisotopic (exact) mass is 317 g/mol. The molecule has 0 bridgehead atoms. The van der Waals surface area contributed by atoms with Crippen LogP contribution in [0.5, 0.6) is 11.6 Å². The fourth-order valence-electron chi connectivity index (χ4n) is 1.09. The molecule has 0 spiro atoms. The fraction of sp³-hybridized carbons (Fsp3) is 0. The Kier molecular flexibility index (Phi) is 3.44. The maximum absolute atomic E-state index is 13.2. The van der Waals surface area contributed by atoms with Crippen molar-refractivity contribution in [2.45, 2.75) is 0 Å². The van der Waals surface area contributed by atoms with Gasteiger partial charge in [0.15, 0.2) is 5.15 Å². The van der Waals surface area contributed by atoms with Gasteiger partial charge in [0.1, 0.15) is 23.6 Å². The second kappa shape index (κ2) is 4.85. The highest BCUT2D eigenvalue weighted by molar-refractivity contribution is 9.10. The number of nitrogen functional groups attached to an aromatic ring is 1. The second-order valence-electron chi connectivity index (χ2n) is 3.06. The van der Waals surface area contributed by atoms with Gasteiger partial charge in [0.2, 0.25) is 5.88 Å². The molecule has 1 aromatic heterocycles. The summed E-state index contributed by atoms with van der Waals surface area (Å²) in [6.07, 6.45) is 1.21. The van der Waals surface area contributed by atoms with Crippen LogP contribution >= 0.6 is 27.5 Å². The number of nitrogens with two attached hydrogens (primary N) is 1. The highest BCUT2D eigenvalue weighted by Crippen LogP contribution is 2.30. The zero-order chi connectivity index (χ0) is 12.4. The molecular formula is C10H6BrClFN3O. The number of benzene rings is 1. The van der Waals surface area contributed by atoms with Gasteiger partial charge in [-0.25, -0.2) is 9.37 Å². The van der Waals surface area contributed by atoms with E-state index >= 15 is 0 Å². The number of rotatable bonds is 2. The van der Waals surface area contributed by atoms with Crippen LogP contribution in [0.4, 0.5) is 10.1 Å². The zero-order valence-corrected chi connectivity index (χ0v) is 10.7. The van der Waals surface area contributed by atoms with E-state index in [1.807, 2.05) is 0 Å². The first-order valence-electron chi connectivity index (χ1n) is 4.47. The van der Waals surface area contributed by atoms with E-state index in [0.717, 1.165) is 0 Å². The van der Waals surface area contributed by atoms with E-state index in [-0.39, 0.29) is 22.5 Å². The Morgan fingerprint density at radius 3 is 2.82 bits per heavy atom. The summed E-state index contributed by atoms with van der Waals surface area (Å²) in [6.45, 7) is 0. The number of hydrogen-bond acceptors (Lipinski definition) is 4. The summed E-state index contributed by atoms with van der Waals surface area (Å²) >= 11 is 8.74. The zero-order valence-electron chi connectivity index (χ0n) is 8.32. The molecule has 0 aliphatic heterocycles. The molecule has 17 heavy (non-hydrogen) atoms. The molecule has 4 nitrogen and oxygen atoms in total. The molecule has 0 radical (unpaired) electrons. The lowest BCUT2D eigenvalue weighted by Crippen LogP contribution is -1.97. The van der Waals surface area contributed by atoms with Crippen LogP contribution in [-0.4, -0.2) is 9.97 Å². The minimum absolute atomic E-state index is 0.0896. The molecule has 2 aromatic rings. The highest BCUT2D eigenvalue weighted by Gasteiger charge is 2.09. The Morgan fingerprint density at radius 2 is 2.12 bits per heavy atom. The lowest BCUT2D eigenvalue weighted by atomic mass is 10.3. The van der Waals surface area contributed by atoms with Crippen molar-refractivity contribution < 1.29 is 9.13 Å². The predicted molar refractivity (Wildman–Crippen MR) is 65.6 cm³/mol. The van der Waals surface area contributed by atoms with E-state index in [0.29, 0.717) is 4.47 Å². The topological polar surface area (TPSA) is 61.0 Å². The molecule has 2 rings (SSSR count). The molecule has 1 heterocycles. The van der Waals surface area contributed by atoms with Gasteiger partial charge in [-0.1, -0.05) is 11.6 Å². The molecule has 0 aliphatic rings. The standard InChI is InChI=1S/C10H6BrClFN3O/c11-6-2-1-5(3-7(6)13)17-10-8(14)9(12)15-4-16-10/h1-4H,14H2. The van der Waals surface area contributed by atoms with Crippen molar-refractivity contribution >= 4 is 33.2 Å². The number of anilines is 1. The maximum Gasteiger partial charge on any atom is 0.247 e. The number of aromatic nitrogens is 2. The molecule has 0 saturated heterocycles. The van der Waals surface area contributed by atoms with Gasteiger partial charge in [-0.05, 0) is 28.1 Å². The molecule has 0 unspecified atom stereocenters. The van der Waals surface area contributed by atoms with Gasteiger partial charge in [0.25, 0.3) is 0 Å². The van der Waals surface area contributed by atoms with Crippen molar-refractivity contribution in [1.82, 2.24) is 9.97 Å². The minimum Gasteiger partial charge on any atom is -0.437 e. The molecule has 2 N–H and O–H groups in total. The summed E-state index contributed by atoms with van der Waals surface area (Å²) in [5.74, 6) is -0.0832. The molecule has 0 amide bonds. The minimum atomic E-state index is -0.443. The largest absolute Gasteiger partial charge is 0.437 e. The third-order valence-corrected chi connectivity index (χ3v) is 2.85. The molecule has 7 heteroatoms. The van der Waals surface area contributed by atoms with Gasteiger partial charge in [0.05, 0.1) is 4.47 Å². The molecule has 0 atom stereocenters. The van der Waals surface area contributed by atoms with Crippen molar-refractivity contribution in [2.75, 3.05) is 5.73 Å². The molecule has 1 aromatic carbocycles. The van der Waals surface area contributed by atoms with E-state index in [1.54, 1.807) is 6.07 Å². The summed E-state index contributed by atoms with van der Waals surface area (Å²) in [4.78, 5) is 7.49. The maximum atomic E-state index is 13.2. The third-order valence-electron chi connectivity index (χ3n) is 1.90. The second-order valence-corrected chi connectivity index (χ2v) is 4.27. The van der Waals surface area contributed by atoms with Gasteiger partial charge >= 0.3 is 0 Å². The van der Waals surface area contributed by atoms with Gasteiger partial charge in [-0.3, -0.25) is 0 Å². The molecule has 88 valence electrons. The normalized spacial score (nSPS) is 10.3. The van der Waals surface area contributed by atoms with Gasteiger partial charge < -0.3 is 10.5 Å². The van der Waals surface area contributed by atoms with Crippen LogP contribution in [0.15, 0.2) is 29.0 Å². The molecule has 0 aliphatic carbocycles. The van der Waals surface area contributed by atoms with E-state index in [1.165, 1.54) is 18.5 Å². The van der Waals surface area contributed by atoms with Gasteiger partial charge in [-0.2, -0.15) is 4.98 Å². The first-order valence-corrected chi connectivity index (χ1v) is 5.64. The van der Waals surface area contributed by atoms with Gasteiger partial charge in [-0.15, -0.1) is 0 Å². The fourth-order valence-corrected chi connectivity index (χ4v) is 1.46.